The van der Waals surface area contributed by atoms with Gasteiger partial charge in [0.15, 0.2) is 0 Å². The van der Waals surface area contributed by atoms with Crippen LogP contribution in [0.5, 0.6) is 0 Å². The van der Waals surface area contributed by atoms with Gasteiger partial charge in [0.1, 0.15) is 5.69 Å². The van der Waals surface area contributed by atoms with E-state index in [1.165, 1.54) is 12.5 Å². The number of nitrogens with zero attached hydrogens (tertiary/aromatic N) is 2. The van der Waals surface area contributed by atoms with Crippen LogP contribution in [-0.2, 0) is 0 Å². The predicted octanol–water partition coefficient (Wildman–Crippen LogP) is 2.06. The zero-order chi connectivity index (χ0) is 13.4. The highest BCUT2D eigenvalue weighted by atomic mass is 19.1. The maximum atomic E-state index is 13.7. The van der Waals surface area contributed by atoms with Crippen molar-refractivity contribution in [2.24, 2.45) is 0 Å². The second-order valence-electron chi connectivity index (χ2n) is 5.24. The largest absolute Gasteiger partial charge is 0.364 e. The SMILES string of the molecule is O=[N+]([O-])c1c(F)cccc1N1CCC2CCC(C1)N2. The van der Waals surface area contributed by atoms with Crippen LogP contribution in [0.4, 0.5) is 15.8 Å². The second kappa shape index (κ2) is 4.77. The first kappa shape index (κ1) is 12.3. The molecule has 2 saturated heterocycles. The topological polar surface area (TPSA) is 58.4 Å². The van der Waals surface area contributed by atoms with E-state index >= 15 is 0 Å². The van der Waals surface area contributed by atoms with Gasteiger partial charge in [-0.15, -0.1) is 0 Å². The summed E-state index contributed by atoms with van der Waals surface area (Å²) in [5.74, 6) is -0.759. The number of hydrogen-bond acceptors (Lipinski definition) is 4. The maximum Gasteiger partial charge on any atom is 0.327 e. The number of para-hydroxylation sites is 1. The third-order valence-electron chi connectivity index (χ3n) is 4.01. The van der Waals surface area contributed by atoms with Crippen molar-refractivity contribution in [3.63, 3.8) is 0 Å². The Balaban J connectivity index is 1.93. The third-order valence-corrected chi connectivity index (χ3v) is 4.01. The summed E-state index contributed by atoms with van der Waals surface area (Å²) in [5, 5.41) is 14.6. The molecule has 0 radical (unpaired) electrons. The summed E-state index contributed by atoms with van der Waals surface area (Å²) in [6.45, 7) is 1.44. The minimum Gasteiger partial charge on any atom is -0.364 e. The summed E-state index contributed by atoms with van der Waals surface area (Å²) in [5.41, 5.74) is -0.000349. The van der Waals surface area contributed by atoms with Crippen LogP contribution in [0.3, 0.4) is 0 Å². The molecule has 3 rings (SSSR count). The zero-order valence-corrected chi connectivity index (χ0v) is 10.5. The van der Waals surface area contributed by atoms with E-state index in [2.05, 4.69) is 5.32 Å². The molecule has 1 N–H and O–H groups in total. The molecule has 2 heterocycles. The molecule has 2 aliphatic heterocycles. The summed E-state index contributed by atoms with van der Waals surface area (Å²) >= 11 is 0. The van der Waals surface area contributed by atoms with E-state index in [1.54, 1.807) is 6.07 Å². The standard InChI is InChI=1S/C13H16FN3O2/c14-11-2-1-3-12(13(11)17(18)19)16-7-6-9-4-5-10(8-16)15-9/h1-3,9-10,15H,4-8H2. The number of nitro benzene ring substituents is 1. The average molecular weight is 265 g/mol. The van der Waals surface area contributed by atoms with Crippen LogP contribution in [0, 0.1) is 15.9 Å². The fourth-order valence-electron chi connectivity index (χ4n) is 3.10. The van der Waals surface area contributed by atoms with Gasteiger partial charge in [-0.3, -0.25) is 10.1 Å². The van der Waals surface area contributed by atoms with E-state index in [-0.39, 0.29) is 0 Å². The number of rotatable bonds is 2. The molecule has 0 amide bonds. The third kappa shape index (κ3) is 2.28. The van der Waals surface area contributed by atoms with Crippen molar-refractivity contribution in [3.8, 4) is 0 Å². The molecule has 1 aromatic rings. The minimum absolute atomic E-state index is 0.357. The summed E-state index contributed by atoms with van der Waals surface area (Å²) in [6, 6.07) is 5.18. The lowest BCUT2D eigenvalue weighted by atomic mass is 10.1. The van der Waals surface area contributed by atoms with Crippen LogP contribution in [0.2, 0.25) is 0 Å². The Morgan fingerprint density at radius 2 is 2.11 bits per heavy atom. The van der Waals surface area contributed by atoms with Gasteiger partial charge in [-0.2, -0.15) is 4.39 Å². The van der Waals surface area contributed by atoms with Crippen LogP contribution in [0.15, 0.2) is 18.2 Å². The summed E-state index contributed by atoms with van der Waals surface area (Å²) in [4.78, 5) is 12.4. The molecule has 2 unspecified atom stereocenters. The molecule has 2 bridgehead atoms. The lowest BCUT2D eigenvalue weighted by molar-refractivity contribution is -0.386. The van der Waals surface area contributed by atoms with Gasteiger partial charge >= 0.3 is 5.69 Å². The minimum atomic E-state index is -0.759. The molecule has 6 heteroatoms. The quantitative estimate of drug-likeness (QED) is 0.657. The average Bonchev–Trinajstić information content (AvgIpc) is 2.68. The summed E-state index contributed by atoms with van der Waals surface area (Å²) in [6.07, 6.45) is 3.21. The smallest absolute Gasteiger partial charge is 0.327 e. The predicted molar refractivity (Wildman–Crippen MR) is 69.8 cm³/mol. The van der Waals surface area contributed by atoms with Gasteiger partial charge in [0.2, 0.25) is 5.82 Å². The van der Waals surface area contributed by atoms with Crippen LogP contribution >= 0.6 is 0 Å². The van der Waals surface area contributed by atoms with Crippen LogP contribution < -0.4 is 10.2 Å². The van der Waals surface area contributed by atoms with Gasteiger partial charge in [-0.25, -0.2) is 0 Å². The molecule has 0 aromatic heterocycles. The molecule has 2 atom stereocenters. The fourth-order valence-corrected chi connectivity index (χ4v) is 3.10. The number of nitrogens with one attached hydrogen (secondary N) is 1. The number of hydrogen-bond donors (Lipinski definition) is 1. The Bertz CT molecular complexity index is 509. The van der Waals surface area contributed by atoms with E-state index in [1.807, 2.05) is 4.90 Å². The van der Waals surface area contributed by atoms with E-state index < -0.39 is 16.4 Å². The van der Waals surface area contributed by atoms with Gasteiger partial charge in [0, 0.05) is 25.2 Å². The Kier molecular flexibility index (Phi) is 3.10. The molecule has 0 aliphatic carbocycles. The number of fused-ring (bicyclic) bond motifs is 2. The molecule has 0 saturated carbocycles. The van der Waals surface area contributed by atoms with Gasteiger partial charge in [0.25, 0.3) is 0 Å². The van der Waals surface area contributed by atoms with Crippen molar-refractivity contribution >= 4 is 11.4 Å². The maximum absolute atomic E-state index is 13.7. The monoisotopic (exact) mass is 265 g/mol. The molecule has 5 nitrogen and oxygen atoms in total. The number of anilines is 1. The first-order chi connectivity index (χ1) is 9.15. The van der Waals surface area contributed by atoms with E-state index in [0.717, 1.165) is 25.5 Å². The molecular formula is C13H16FN3O2. The van der Waals surface area contributed by atoms with Crippen LogP contribution in [0.25, 0.3) is 0 Å². The highest BCUT2D eigenvalue weighted by molar-refractivity contribution is 5.64. The molecule has 1 aromatic carbocycles. The first-order valence-electron chi connectivity index (χ1n) is 6.59. The normalized spacial score (nSPS) is 26.3. The molecular weight excluding hydrogens is 249 g/mol. The van der Waals surface area contributed by atoms with E-state index in [4.69, 9.17) is 0 Å². The van der Waals surface area contributed by atoms with Gasteiger partial charge in [-0.05, 0) is 31.4 Å². The Hall–Kier alpha value is -1.69. The van der Waals surface area contributed by atoms with E-state index in [9.17, 15) is 14.5 Å². The molecule has 0 spiro atoms. The highest BCUT2D eigenvalue weighted by Gasteiger charge is 2.32. The number of nitro groups is 1. The fraction of sp³-hybridized carbons (Fsp3) is 0.538. The number of benzene rings is 1. The lowest BCUT2D eigenvalue weighted by Gasteiger charge is -2.26. The van der Waals surface area contributed by atoms with Crippen molar-refractivity contribution in [2.75, 3.05) is 18.0 Å². The highest BCUT2D eigenvalue weighted by Crippen LogP contribution is 2.33. The summed E-state index contributed by atoms with van der Waals surface area (Å²) < 4.78 is 13.7. The van der Waals surface area contributed by atoms with Gasteiger partial charge < -0.3 is 10.2 Å². The van der Waals surface area contributed by atoms with Crippen molar-refractivity contribution in [3.05, 3.63) is 34.1 Å². The molecule has 2 fully saturated rings. The lowest BCUT2D eigenvalue weighted by Crippen LogP contribution is -2.35. The second-order valence-corrected chi connectivity index (χ2v) is 5.24. The van der Waals surface area contributed by atoms with Crippen molar-refractivity contribution < 1.29 is 9.31 Å². The Labute approximate surface area is 110 Å². The van der Waals surface area contributed by atoms with Crippen LogP contribution in [-0.4, -0.2) is 30.1 Å². The Morgan fingerprint density at radius 3 is 2.89 bits per heavy atom. The van der Waals surface area contributed by atoms with Gasteiger partial charge in [-0.1, -0.05) is 6.07 Å². The molecule has 19 heavy (non-hydrogen) atoms. The summed E-state index contributed by atoms with van der Waals surface area (Å²) in [7, 11) is 0. The van der Waals surface area contributed by atoms with E-state index in [0.29, 0.717) is 24.3 Å². The Morgan fingerprint density at radius 1 is 1.32 bits per heavy atom. The van der Waals surface area contributed by atoms with Crippen LogP contribution in [0.1, 0.15) is 19.3 Å². The molecule has 2 aliphatic rings. The van der Waals surface area contributed by atoms with Gasteiger partial charge in [0.05, 0.1) is 4.92 Å². The van der Waals surface area contributed by atoms with Crippen molar-refractivity contribution in [1.29, 1.82) is 0 Å². The first-order valence-corrected chi connectivity index (χ1v) is 6.59. The van der Waals surface area contributed by atoms with Crippen molar-refractivity contribution in [2.45, 2.75) is 31.3 Å². The zero-order valence-electron chi connectivity index (χ0n) is 10.5. The number of halogens is 1. The molecule has 102 valence electrons. The van der Waals surface area contributed by atoms with Crippen molar-refractivity contribution in [1.82, 2.24) is 5.32 Å².